The second-order valence-electron chi connectivity index (χ2n) is 7.03. The van der Waals surface area contributed by atoms with E-state index in [0.717, 1.165) is 31.7 Å². The first-order chi connectivity index (χ1) is 10.3. The van der Waals surface area contributed by atoms with Crippen LogP contribution in [-0.2, 0) is 4.74 Å². The van der Waals surface area contributed by atoms with Gasteiger partial charge in [-0.05, 0) is 58.6 Å². The van der Waals surface area contributed by atoms with Crippen molar-refractivity contribution in [1.29, 1.82) is 0 Å². The van der Waals surface area contributed by atoms with Crippen LogP contribution in [0.5, 0.6) is 5.75 Å². The maximum absolute atomic E-state index is 12.0. The molecule has 0 aromatic heterocycles. The van der Waals surface area contributed by atoms with E-state index in [0.29, 0.717) is 12.5 Å². The lowest BCUT2D eigenvalue weighted by atomic mass is 10.1. The average molecular weight is 305 g/mol. The summed E-state index contributed by atoms with van der Waals surface area (Å²) in [6, 6.07) is 8.10. The number of amides is 1. The summed E-state index contributed by atoms with van der Waals surface area (Å²) in [7, 11) is 0. The molecule has 1 fully saturated rings. The molecule has 1 amide bonds. The van der Waals surface area contributed by atoms with Gasteiger partial charge >= 0.3 is 6.09 Å². The van der Waals surface area contributed by atoms with Crippen molar-refractivity contribution in [2.75, 3.05) is 19.7 Å². The Morgan fingerprint density at radius 1 is 1.27 bits per heavy atom. The second kappa shape index (κ2) is 7.03. The number of hydrogen-bond acceptors (Lipinski definition) is 3. The summed E-state index contributed by atoms with van der Waals surface area (Å²) in [6.45, 7) is 10.00. The number of carbonyl (C=O) groups excluding carboxylic acids is 1. The zero-order valence-corrected chi connectivity index (χ0v) is 14.1. The van der Waals surface area contributed by atoms with Crippen molar-refractivity contribution in [2.45, 2.75) is 46.1 Å². The standard InChI is InChI=1S/C18H27NO3/c1-14-5-7-16(8-6-14)21-12-10-15-9-11-19(13-15)17(20)22-18(2,3)4/h5-8,15H,9-13H2,1-4H3/t15-/m1/s1. The third-order valence-electron chi connectivity index (χ3n) is 3.75. The Hall–Kier alpha value is -1.71. The molecule has 122 valence electrons. The highest BCUT2D eigenvalue weighted by Crippen LogP contribution is 2.22. The predicted molar refractivity (Wildman–Crippen MR) is 87.2 cm³/mol. The molecule has 1 aliphatic heterocycles. The van der Waals surface area contributed by atoms with Gasteiger partial charge in [0.15, 0.2) is 0 Å². The maximum atomic E-state index is 12.0. The molecule has 1 heterocycles. The third kappa shape index (κ3) is 5.24. The first kappa shape index (κ1) is 16.7. The van der Waals surface area contributed by atoms with Gasteiger partial charge in [0, 0.05) is 13.1 Å². The van der Waals surface area contributed by atoms with E-state index in [1.165, 1.54) is 5.56 Å². The van der Waals surface area contributed by atoms with E-state index < -0.39 is 5.60 Å². The third-order valence-corrected chi connectivity index (χ3v) is 3.75. The van der Waals surface area contributed by atoms with Crippen LogP contribution in [-0.4, -0.2) is 36.3 Å². The molecule has 0 spiro atoms. The van der Waals surface area contributed by atoms with Crippen molar-refractivity contribution in [2.24, 2.45) is 5.92 Å². The molecular formula is C18H27NO3. The predicted octanol–water partition coefficient (Wildman–Crippen LogP) is 4.02. The molecule has 1 atom stereocenters. The van der Waals surface area contributed by atoms with Crippen molar-refractivity contribution >= 4 is 6.09 Å². The van der Waals surface area contributed by atoms with Gasteiger partial charge in [0.25, 0.3) is 0 Å². The van der Waals surface area contributed by atoms with Gasteiger partial charge in [-0.2, -0.15) is 0 Å². The molecule has 1 aliphatic rings. The lowest BCUT2D eigenvalue weighted by molar-refractivity contribution is 0.0286. The van der Waals surface area contributed by atoms with E-state index in [1.807, 2.05) is 37.8 Å². The van der Waals surface area contributed by atoms with Gasteiger partial charge < -0.3 is 14.4 Å². The molecular weight excluding hydrogens is 278 g/mol. The van der Waals surface area contributed by atoms with Crippen molar-refractivity contribution in [1.82, 2.24) is 4.90 Å². The number of benzene rings is 1. The van der Waals surface area contributed by atoms with Crippen LogP contribution in [0.25, 0.3) is 0 Å². The van der Waals surface area contributed by atoms with Crippen molar-refractivity contribution in [3.63, 3.8) is 0 Å². The zero-order valence-electron chi connectivity index (χ0n) is 14.1. The van der Waals surface area contributed by atoms with Gasteiger partial charge in [-0.15, -0.1) is 0 Å². The fraction of sp³-hybridized carbons (Fsp3) is 0.611. The molecule has 1 aromatic rings. The van der Waals surface area contributed by atoms with E-state index in [1.54, 1.807) is 0 Å². The summed E-state index contributed by atoms with van der Waals surface area (Å²) in [4.78, 5) is 13.8. The Labute approximate surface area is 133 Å². The fourth-order valence-corrected chi connectivity index (χ4v) is 2.54. The van der Waals surface area contributed by atoms with Crippen LogP contribution in [0.1, 0.15) is 39.2 Å². The first-order valence-corrected chi connectivity index (χ1v) is 8.01. The highest BCUT2D eigenvalue weighted by Gasteiger charge is 2.29. The summed E-state index contributed by atoms with van der Waals surface area (Å²) >= 11 is 0. The van der Waals surface area contributed by atoms with Crippen LogP contribution >= 0.6 is 0 Å². The Morgan fingerprint density at radius 2 is 1.95 bits per heavy atom. The number of hydrogen-bond donors (Lipinski definition) is 0. The molecule has 4 heteroatoms. The minimum atomic E-state index is -0.427. The highest BCUT2D eigenvalue weighted by atomic mass is 16.6. The van der Waals surface area contributed by atoms with E-state index in [4.69, 9.17) is 9.47 Å². The number of rotatable bonds is 4. The van der Waals surface area contributed by atoms with Gasteiger partial charge in [-0.1, -0.05) is 17.7 Å². The van der Waals surface area contributed by atoms with Gasteiger partial charge in [0.2, 0.25) is 0 Å². The summed E-state index contributed by atoms with van der Waals surface area (Å²) in [5, 5.41) is 0. The van der Waals surface area contributed by atoms with E-state index in [2.05, 4.69) is 19.1 Å². The number of likely N-dealkylation sites (tertiary alicyclic amines) is 1. The second-order valence-corrected chi connectivity index (χ2v) is 7.03. The van der Waals surface area contributed by atoms with Crippen molar-refractivity contribution in [3.05, 3.63) is 29.8 Å². The van der Waals surface area contributed by atoms with Crippen LogP contribution in [0, 0.1) is 12.8 Å². The smallest absolute Gasteiger partial charge is 0.410 e. The quantitative estimate of drug-likeness (QED) is 0.843. The van der Waals surface area contributed by atoms with Crippen LogP contribution < -0.4 is 4.74 Å². The van der Waals surface area contributed by atoms with Crippen LogP contribution in [0.2, 0.25) is 0 Å². The average Bonchev–Trinajstić information content (AvgIpc) is 2.88. The molecule has 0 N–H and O–H groups in total. The zero-order chi connectivity index (χ0) is 16.2. The topological polar surface area (TPSA) is 38.8 Å². The number of nitrogens with zero attached hydrogens (tertiary/aromatic N) is 1. The minimum absolute atomic E-state index is 0.200. The minimum Gasteiger partial charge on any atom is -0.494 e. The Balaban J connectivity index is 1.70. The molecule has 0 saturated carbocycles. The van der Waals surface area contributed by atoms with Crippen LogP contribution in [0.3, 0.4) is 0 Å². The molecule has 1 aromatic carbocycles. The number of aryl methyl sites for hydroxylation is 1. The normalized spacial score (nSPS) is 18.4. The van der Waals surface area contributed by atoms with E-state index in [9.17, 15) is 4.79 Å². The van der Waals surface area contributed by atoms with Gasteiger partial charge in [0.05, 0.1) is 6.61 Å². The lowest BCUT2D eigenvalue weighted by Crippen LogP contribution is -2.35. The SMILES string of the molecule is Cc1ccc(OCC[C@H]2CCN(C(=O)OC(C)(C)C)C2)cc1. The lowest BCUT2D eigenvalue weighted by Gasteiger charge is -2.24. The van der Waals surface area contributed by atoms with Crippen LogP contribution in [0.15, 0.2) is 24.3 Å². The molecule has 0 unspecified atom stereocenters. The molecule has 2 rings (SSSR count). The Morgan fingerprint density at radius 3 is 2.59 bits per heavy atom. The number of ether oxygens (including phenoxy) is 2. The number of carbonyl (C=O) groups is 1. The van der Waals surface area contributed by atoms with Crippen molar-refractivity contribution in [3.8, 4) is 5.75 Å². The van der Waals surface area contributed by atoms with Gasteiger partial charge in [-0.3, -0.25) is 0 Å². The van der Waals surface area contributed by atoms with E-state index >= 15 is 0 Å². The first-order valence-electron chi connectivity index (χ1n) is 8.01. The summed E-state index contributed by atoms with van der Waals surface area (Å²) < 4.78 is 11.2. The maximum Gasteiger partial charge on any atom is 0.410 e. The van der Waals surface area contributed by atoms with Gasteiger partial charge in [-0.25, -0.2) is 4.79 Å². The Bertz CT molecular complexity index is 490. The highest BCUT2D eigenvalue weighted by molar-refractivity contribution is 5.68. The molecule has 0 aliphatic carbocycles. The largest absolute Gasteiger partial charge is 0.494 e. The fourth-order valence-electron chi connectivity index (χ4n) is 2.54. The van der Waals surface area contributed by atoms with E-state index in [-0.39, 0.29) is 6.09 Å². The van der Waals surface area contributed by atoms with Crippen molar-refractivity contribution < 1.29 is 14.3 Å². The summed E-state index contributed by atoms with van der Waals surface area (Å²) in [6.07, 6.45) is 1.79. The molecule has 22 heavy (non-hydrogen) atoms. The molecule has 0 radical (unpaired) electrons. The molecule has 4 nitrogen and oxygen atoms in total. The Kier molecular flexibility index (Phi) is 5.33. The molecule has 1 saturated heterocycles. The van der Waals surface area contributed by atoms with Crippen LogP contribution in [0.4, 0.5) is 4.79 Å². The summed E-state index contributed by atoms with van der Waals surface area (Å²) in [5.41, 5.74) is 0.806. The van der Waals surface area contributed by atoms with Gasteiger partial charge in [0.1, 0.15) is 11.4 Å². The molecule has 0 bridgehead atoms. The summed E-state index contributed by atoms with van der Waals surface area (Å²) in [5.74, 6) is 1.41. The monoisotopic (exact) mass is 305 g/mol.